The molecule has 4 heteroatoms. The van der Waals surface area contributed by atoms with Crippen LogP contribution in [0.3, 0.4) is 0 Å². The van der Waals surface area contributed by atoms with Crippen molar-refractivity contribution in [3.8, 4) is 5.88 Å². The van der Waals surface area contributed by atoms with Crippen molar-refractivity contribution < 1.29 is 14.6 Å². The van der Waals surface area contributed by atoms with Crippen LogP contribution in [0, 0.1) is 0 Å². The third-order valence-electron chi connectivity index (χ3n) is 3.02. The van der Waals surface area contributed by atoms with Gasteiger partial charge < -0.3 is 9.84 Å². The molecule has 0 unspecified atom stereocenters. The van der Waals surface area contributed by atoms with Crippen molar-refractivity contribution in [1.29, 1.82) is 0 Å². The Morgan fingerprint density at radius 1 is 1.33 bits per heavy atom. The van der Waals surface area contributed by atoms with Gasteiger partial charge in [-0.2, -0.15) is 0 Å². The summed E-state index contributed by atoms with van der Waals surface area (Å²) in [7, 11) is 0. The van der Waals surface area contributed by atoms with E-state index in [0.717, 1.165) is 24.5 Å². The molecule has 18 heavy (non-hydrogen) atoms. The van der Waals surface area contributed by atoms with Gasteiger partial charge in [0.1, 0.15) is 6.10 Å². The first-order valence-corrected chi connectivity index (χ1v) is 6.28. The Hall–Kier alpha value is -1.84. The minimum Gasteiger partial charge on any atom is -0.478 e. The minimum atomic E-state index is -0.961. The van der Waals surface area contributed by atoms with E-state index in [1.165, 1.54) is 25.3 Å². The van der Waals surface area contributed by atoms with E-state index in [2.05, 4.69) is 4.98 Å². The number of aromatic nitrogens is 1. The van der Waals surface area contributed by atoms with Crippen molar-refractivity contribution in [3.05, 3.63) is 30.0 Å². The van der Waals surface area contributed by atoms with Gasteiger partial charge in [-0.05, 0) is 43.4 Å². The molecule has 1 N–H and O–H groups in total. The van der Waals surface area contributed by atoms with Gasteiger partial charge in [0, 0.05) is 18.3 Å². The SMILES string of the molecule is O=C(O)/C=C/c1ccc(OC2CCCCC2)nc1. The normalized spacial score (nSPS) is 16.9. The lowest BCUT2D eigenvalue weighted by Crippen LogP contribution is -2.20. The van der Waals surface area contributed by atoms with Crippen molar-refractivity contribution in [1.82, 2.24) is 4.98 Å². The van der Waals surface area contributed by atoms with E-state index >= 15 is 0 Å². The van der Waals surface area contributed by atoms with Crippen molar-refractivity contribution in [3.63, 3.8) is 0 Å². The topological polar surface area (TPSA) is 59.4 Å². The molecule has 1 fully saturated rings. The molecule has 1 aliphatic carbocycles. The van der Waals surface area contributed by atoms with Crippen LogP contribution in [0.5, 0.6) is 5.88 Å². The predicted octanol–water partition coefficient (Wildman–Crippen LogP) is 2.89. The third-order valence-corrected chi connectivity index (χ3v) is 3.02. The van der Waals surface area contributed by atoms with E-state index in [4.69, 9.17) is 9.84 Å². The number of nitrogens with zero attached hydrogens (tertiary/aromatic N) is 1. The summed E-state index contributed by atoms with van der Waals surface area (Å²) in [5.41, 5.74) is 0.758. The number of ether oxygens (including phenoxy) is 1. The first-order chi connectivity index (χ1) is 8.74. The largest absolute Gasteiger partial charge is 0.478 e. The average molecular weight is 247 g/mol. The van der Waals surface area contributed by atoms with E-state index in [0.29, 0.717) is 5.88 Å². The van der Waals surface area contributed by atoms with Crippen LogP contribution < -0.4 is 4.74 Å². The van der Waals surface area contributed by atoms with Crippen LogP contribution in [-0.4, -0.2) is 22.2 Å². The van der Waals surface area contributed by atoms with Gasteiger partial charge in [-0.1, -0.05) is 6.42 Å². The van der Waals surface area contributed by atoms with Crippen molar-refractivity contribution in [2.75, 3.05) is 0 Å². The molecule has 0 radical (unpaired) electrons. The molecule has 0 bridgehead atoms. The summed E-state index contributed by atoms with van der Waals surface area (Å²) in [5, 5.41) is 8.51. The quantitative estimate of drug-likeness (QED) is 0.831. The van der Waals surface area contributed by atoms with Crippen LogP contribution in [0.15, 0.2) is 24.4 Å². The molecule has 1 aromatic heterocycles. The Morgan fingerprint density at radius 3 is 2.72 bits per heavy atom. The van der Waals surface area contributed by atoms with Gasteiger partial charge in [0.15, 0.2) is 0 Å². The van der Waals surface area contributed by atoms with E-state index in [1.807, 2.05) is 6.07 Å². The number of rotatable bonds is 4. The number of aliphatic carboxylic acids is 1. The molecule has 1 saturated carbocycles. The highest BCUT2D eigenvalue weighted by atomic mass is 16.5. The van der Waals surface area contributed by atoms with Gasteiger partial charge in [-0.25, -0.2) is 9.78 Å². The number of carboxylic acids is 1. The molecule has 0 spiro atoms. The molecule has 96 valence electrons. The molecule has 0 saturated heterocycles. The lowest BCUT2D eigenvalue weighted by molar-refractivity contribution is -0.131. The fourth-order valence-corrected chi connectivity index (χ4v) is 2.08. The molecule has 1 aromatic rings. The second-order valence-electron chi connectivity index (χ2n) is 4.48. The van der Waals surface area contributed by atoms with Gasteiger partial charge in [-0.15, -0.1) is 0 Å². The van der Waals surface area contributed by atoms with Crippen LogP contribution in [-0.2, 0) is 4.79 Å². The van der Waals surface area contributed by atoms with Crippen LogP contribution in [0.1, 0.15) is 37.7 Å². The second kappa shape index (κ2) is 6.19. The maximum Gasteiger partial charge on any atom is 0.328 e. The number of carbonyl (C=O) groups is 1. The summed E-state index contributed by atoms with van der Waals surface area (Å²) >= 11 is 0. The highest BCUT2D eigenvalue weighted by Gasteiger charge is 2.14. The molecular formula is C14H17NO3. The van der Waals surface area contributed by atoms with Gasteiger partial charge in [0.25, 0.3) is 0 Å². The standard InChI is InChI=1S/C14H17NO3/c16-14(17)9-7-11-6-8-13(15-10-11)18-12-4-2-1-3-5-12/h6-10,12H,1-5H2,(H,16,17)/b9-7+. The number of carboxylic acid groups (broad SMARTS) is 1. The van der Waals surface area contributed by atoms with Crippen molar-refractivity contribution >= 4 is 12.0 Å². The smallest absolute Gasteiger partial charge is 0.328 e. The fraction of sp³-hybridized carbons (Fsp3) is 0.429. The van der Waals surface area contributed by atoms with Gasteiger partial charge in [-0.3, -0.25) is 0 Å². The zero-order chi connectivity index (χ0) is 12.8. The van der Waals surface area contributed by atoms with Gasteiger partial charge >= 0.3 is 5.97 Å². The molecule has 0 aromatic carbocycles. The summed E-state index contributed by atoms with van der Waals surface area (Å²) in [6, 6.07) is 3.60. The van der Waals surface area contributed by atoms with Crippen LogP contribution in [0.4, 0.5) is 0 Å². The fourth-order valence-electron chi connectivity index (χ4n) is 2.08. The van der Waals surface area contributed by atoms with E-state index in [-0.39, 0.29) is 6.10 Å². The number of hydrogen-bond donors (Lipinski definition) is 1. The van der Waals surface area contributed by atoms with Crippen LogP contribution in [0.2, 0.25) is 0 Å². The lowest BCUT2D eigenvalue weighted by Gasteiger charge is -2.22. The Bertz CT molecular complexity index is 419. The lowest BCUT2D eigenvalue weighted by atomic mass is 9.98. The Balaban J connectivity index is 1.92. The predicted molar refractivity (Wildman–Crippen MR) is 68.4 cm³/mol. The van der Waals surface area contributed by atoms with E-state index in [9.17, 15) is 4.79 Å². The summed E-state index contributed by atoms with van der Waals surface area (Å²) in [4.78, 5) is 14.6. The molecule has 2 rings (SSSR count). The summed E-state index contributed by atoms with van der Waals surface area (Å²) in [5.74, 6) is -0.341. The first kappa shape index (κ1) is 12.6. The molecule has 1 aliphatic rings. The summed E-state index contributed by atoms with van der Waals surface area (Å²) in [6.07, 6.45) is 10.5. The van der Waals surface area contributed by atoms with Crippen molar-refractivity contribution in [2.24, 2.45) is 0 Å². The first-order valence-electron chi connectivity index (χ1n) is 6.28. The summed E-state index contributed by atoms with van der Waals surface area (Å²) in [6.45, 7) is 0. The van der Waals surface area contributed by atoms with Gasteiger partial charge in [0.2, 0.25) is 5.88 Å². The minimum absolute atomic E-state index is 0.284. The van der Waals surface area contributed by atoms with Crippen LogP contribution in [0.25, 0.3) is 6.08 Å². The van der Waals surface area contributed by atoms with Gasteiger partial charge in [0.05, 0.1) is 0 Å². The Labute approximate surface area is 106 Å². The van der Waals surface area contributed by atoms with E-state index in [1.54, 1.807) is 12.3 Å². The highest BCUT2D eigenvalue weighted by molar-refractivity contribution is 5.85. The zero-order valence-electron chi connectivity index (χ0n) is 10.2. The maximum absolute atomic E-state index is 10.4. The van der Waals surface area contributed by atoms with Crippen LogP contribution >= 0.6 is 0 Å². The summed E-state index contributed by atoms with van der Waals surface area (Å²) < 4.78 is 5.78. The third kappa shape index (κ3) is 3.87. The maximum atomic E-state index is 10.4. The number of pyridine rings is 1. The molecule has 1 heterocycles. The van der Waals surface area contributed by atoms with Crippen molar-refractivity contribution in [2.45, 2.75) is 38.2 Å². The Kier molecular flexibility index (Phi) is 4.34. The molecular weight excluding hydrogens is 230 g/mol. The number of hydrogen-bond acceptors (Lipinski definition) is 3. The molecule has 0 atom stereocenters. The zero-order valence-corrected chi connectivity index (χ0v) is 10.2. The highest BCUT2D eigenvalue weighted by Crippen LogP contribution is 2.22. The second-order valence-corrected chi connectivity index (χ2v) is 4.48. The van der Waals surface area contributed by atoms with E-state index < -0.39 is 5.97 Å². The Morgan fingerprint density at radius 2 is 2.11 bits per heavy atom. The molecule has 0 aliphatic heterocycles. The molecule has 0 amide bonds. The molecule has 4 nitrogen and oxygen atoms in total. The monoisotopic (exact) mass is 247 g/mol. The average Bonchev–Trinajstić information content (AvgIpc) is 2.39.